The van der Waals surface area contributed by atoms with Gasteiger partial charge in [-0.15, -0.1) is 11.6 Å². The number of aromatic nitrogens is 1. The Morgan fingerprint density at radius 3 is 2.80 bits per heavy atom. The van der Waals surface area contributed by atoms with Crippen LogP contribution >= 0.6 is 34.8 Å². The van der Waals surface area contributed by atoms with Gasteiger partial charge in [0.05, 0.1) is 28.5 Å². The smallest absolute Gasteiger partial charge is 0.168 e. The van der Waals surface area contributed by atoms with Crippen LogP contribution in [0.5, 0.6) is 5.75 Å². The number of anilines is 3. The molecule has 0 fully saturated rings. The number of fused-ring (bicyclic) bond motifs is 3. The fourth-order valence-electron chi connectivity index (χ4n) is 3.50. The van der Waals surface area contributed by atoms with Crippen molar-refractivity contribution in [3.8, 4) is 11.8 Å². The number of nitrogens with zero attached hydrogens (tertiary/aromatic N) is 3. The maximum Gasteiger partial charge on any atom is 0.168 e. The van der Waals surface area contributed by atoms with Gasteiger partial charge in [0.25, 0.3) is 0 Å². The Kier molecular flexibility index (Phi) is 6.38. The third-order valence-corrected chi connectivity index (χ3v) is 5.80. The highest BCUT2D eigenvalue weighted by atomic mass is 35.5. The second-order valence-corrected chi connectivity index (χ2v) is 8.18. The monoisotopic (exact) mass is 460 g/mol. The van der Waals surface area contributed by atoms with Gasteiger partial charge in [0.1, 0.15) is 24.0 Å². The van der Waals surface area contributed by atoms with Crippen LogP contribution in [-0.2, 0) is 0 Å². The van der Waals surface area contributed by atoms with E-state index in [1.54, 1.807) is 18.2 Å². The molecule has 1 aliphatic rings. The van der Waals surface area contributed by atoms with Gasteiger partial charge in [0, 0.05) is 22.8 Å². The number of nitrogens with one attached hydrogen (secondary N) is 1. The van der Waals surface area contributed by atoms with Crippen LogP contribution in [0.15, 0.2) is 36.4 Å². The lowest BCUT2D eigenvalue weighted by atomic mass is 10.1. The van der Waals surface area contributed by atoms with Gasteiger partial charge in [0.2, 0.25) is 0 Å². The molecule has 0 amide bonds. The first-order valence-electron chi connectivity index (χ1n) is 9.64. The highest BCUT2D eigenvalue weighted by Crippen LogP contribution is 2.39. The van der Waals surface area contributed by atoms with E-state index in [0.717, 1.165) is 42.8 Å². The van der Waals surface area contributed by atoms with Gasteiger partial charge in [0.15, 0.2) is 5.75 Å². The Balaban J connectivity index is 1.75. The number of halogens is 3. The first-order chi connectivity index (χ1) is 14.6. The summed E-state index contributed by atoms with van der Waals surface area (Å²) in [6, 6.07) is 13.1. The number of nitriles is 1. The van der Waals surface area contributed by atoms with Gasteiger partial charge in [-0.2, -0.15) is 5.26 Å². The third-order valence-electron chi connectivity index (χ3n) is 4.99. The number of hydrogen-bond donors (Lipinski definition) is 1. The molecule has 0 bridgehead atoms. The van der Waals surface area contributed by atoms with Crippen molar-refractivity contribution >= 4 is 62.9 Å². The maximum atomic E-state index is 9.64. The molecule has 30 heavy (non-hydrogen) atoms. The second-order valence-electron chi connectivity index (χ2n) is 6.96. The Hall–Kier alpha value is -2.39. The molecule has 2 aromatic carbocycles. The van der Waals surface area contributed by atoms with E-state index in [4.69, 9.17) is 44.5 Å². The predicted molar refractivity (Wildman–Crippen MR) is 124 cm³/mol. The van der Waals surface area contributed by atoms with Crippen molar-refractivity contribution < 1.29 is 4.74 Å². The van der Waals surface area contributed by atoms with Gasteiger partial charge < -0.3 is 15.0 Å². The van der Waals surface area contributed by atoms with Gasteiger partial charge in [-0.3, -0.25) is 0 Å². The fraction of sp³-hybridized carbons (Fsp3) is 0.273. The van der Waals surface area contributed by atoms with Crippen LogP contribution < -0.4 is 15.0 Å². The van der Waals surface area contributed by atoms with Crippen LogP contribution in [0.1, 0.15) is 18.4 Å². The summed E-state index contributed by atoms with van der Waals surface area (Å²) in [6.45, 7) is 2.32. The van der Waals surface area contributed by atoms with Gasteiger partial charge in [-0.1, -0.05) is 29.3 Å². The molecule has 4 rings (SSSR count). The molecule has 0 saturated heterocycles. The zero-order chi connectivity index (χ0) is 21.1. The molecule has 0 atom stereocenters. The van der Waals surface area contributed by atoms with E-state index < -0.39 is 0 Å². The quantitative estimate of drug-likeness (QED) is 0.341. The second kappa shape index (κ2) is 9.18. The average molecular weight is 462 g/mol. The summed E-state index contributed by atoms with van der Waals surface area (Å²) >= 11 is 18.1. The zero-order valence-corrected chi connectivity index (χ0v) is 18.4. The van der Waals surface area contributed by atoms with Crippen LogP contribution in [0.25, 0.3) is 10.9 Å². The normalized spacial score (nSPS) is 12.9. The molecule has 2 heterocycles. The number of alkyl halides is 1. The maximum absolute atomic E-state index is 9.64. The van der Waals surface area contributed by atoms with Gasteiger partial charge in [-0.25, -0.2) is 4.98 Å². The van der Waals surface area contributed by atoms with E-state index in [1.807, 2.05) is 18.2 Å². The predicted octanol–water partition coefficient (Wildman–Crippen LogP) is 6.37. The molecular weight excluding hydrogens is 443 g/mol. The van der Waals surface area contributed by atoms with Crippen LogP contribution in [-0.4, -0.2) is 30.6 Å². The molecule has 1 aliphatic heterocycles. The number of pyridine rings is 1. The number of benzene rings is 2. The molecule has 1 N–H and O–H groups in total. The standard InChI is InChI=1S/C22H19Cl3N4O/c23-7-1-2-8-29-9-10-30-21-19(29)6-3-14-11-15(13-26)22(28-20(14)21)27-18-5-4-16(24)12-17(18)25/h3-6,11-12H,1-2,7-10H2,(H,27,28). The van der Waals surface area contributed by atoms with Crippen molar-refractivity contribution in [2.45, 2.75) is 12.8 Å². The Morgan fingerprint density at radius 1 is 1.17 bits per heavy atom. The Bertz CT molecular complexity index is 1130. The SMILES string of the molecule is N#Cc1cc2ccc3c(c2nc1Nc1ccc(Cl)cc1Cl)OCCN3CCCCCl. The van der Waals surface area contributed by atoms with Gasteiger partial charge in [-0.05, 0) is 43.2 Å². The molecule has 0 spiro atoms. The molecule has 154 valence electrons. The van der Waals surface area contributed by atoms with E-state index in [2.05, 4.69) is 16.3 Å². The summed E-state index contributed by atoms with van der Waals surface area (Å²) in [6.07, 6.45) is 1.99. The average Bonchev–Trinajstić information content (AvgIpc) is 2.75. The molecule has 8 heteroatoms. The van der Waals surface area contributed by atoms with Crippen molar-refractivity contribution in [3.05, 3.63) is 52.0 Å². The summed E-state index contributed by atoms with van der Waals surface area (Å²) < 4.78 is 6.01. The van der Waals surface area contributed by atoms with Crippen LogP contribution in [0, 0.1) is 11.3 Å². The zero-order valence-electron chi connectivity index (χ0n) is 16.1. The molecule has 3 aromatic rings. The number of hydrogen-bond acceptors (Lipinski definition) is 5. The minimum absolute atomic E-state index is 0.420. The topological polar surface area (TPSA) is 61.2 Å². The van der Waals surface area contributed by atoms with E-state index >= 15 is 0 Å². The lowest BCUT2D eigenvalue weighted by molar-refractivity contribution is 0.310. The Morgan fingerprint density at radius 2 is 2.03 bits per heavy atom. The Labute approximate surface area is 190 Å². The lowest BCUT2D eigenvalue weighted by Gasteiger charge is -2.31. The lowest BCUT2D eigenvalue weighted by Crippen LogP contribution is -2.33. The van der Waals surface area contributed by atoms with E-state index in [9.17, 15) is 5.26 Å². The first-order valence-corrected chi connectivity index (χ1v) is 10.9. The summed E-state index contributed by atoms with van der Waals surface area (Å²) in [7, 11) is 0. The van der Waals surface area contributed by atoms with Crippen molar-refractivity contribution in [3.63, 3.8) is 0 Å². The van der Waals surface area contributed by atoms with Crippen LogP contribution in [0.3, 0.4) is 0 Å². The molecule has 0 unspecified atom stereocenters. The first kappa shape index (κ1) is 20.9. The van der Waals surface area contributed by atoms with E-state index in [1.165, 1.54) is 0 Å². The molecule has 0 radical (unpaired) electrons. The third kappa shape index (κ3) is 4.22. The summed E-state index contributed by atoms with van der Waals surface area (Å²) in [5, 5.41) is 14.6. The van der Waals surface area contributed by atoms with E-state index in [0.29, 0.717) is 45.1 Å². The van der Waals surface area contributed by atoms with Gasteiger partial charge >= 0.3 is 0 Å². The summed E-state index contributed by atoms with van der Waals surface area (Å²) in [4.78, 5) is 7.05. The highest BCUT2D eigenvalue weighted by molar-refractivity contribution is 6.36. The highest BCUT2D eigenvalue weighted by Gasteiger charge is 2.22. The minimum atomic E-state index is 0.420. The number of rotatable bonds is 6. The van der Waals surface area contributed by atoms with E-state index in [-0.39, 0.29) is 0 Å². The number of unbranched alkanes of at least 4 members (excludes halogenated alkanes) is 1. The summed E-state index contributed by atoms with van der Waals surface area (Å²) in [5.41, 5.74) is 2.76. The van der Waals surface area contributed by atoms with Crippen molar-refractivity contribution in [1.82, 2.24) is 4.98 Å². The molecule has 1 aromatic heterocycles. The largest absolute Gasteiger partial charge is 0.487 e. The molecule has 0 saturated carbocycles. The number of ether oxygens (including phenoxy) is 1. The minimum Gasteiger partial charge on any atom is -0.487 e. The molecule has 0 aliphatic carbocycles. The van der Waals surface area contributed by atoms with Crippen molar-refractivity contribution in [2.75, 3.05) is 35.8 Å². The fourth-order valence-corrected chi connectivity index (χ4v) is 4.15. The van der Waals surface area contributed by atoms with Crippen LogP contribution in [0.2, 0.25) is 10.0 Å². The summed E-state index contributed by atoms with van der Waals surface area (Å²) in [5.74, 6) is 1.82. The van der Waals surface area contributed by atoms with Crippen molar-refractivity contribution in [1.29, 1.82) is 5.26 Å². The van der Waals surface area contributed by atoms with Crippen molar-refractivity contribution in [2.24, 2.45) is 0 Å². The van der Waals surface area contributed by atoms with Crippen LogP contribution in [0.4, 0.5) is 17.2 Å². The molecule has 5 nitrogen and oxygen atoms in total. The molecular formula is C22H19Cl3N4O.